The minimum absolute atomic E-state index is 0.0409. The highest BCUT2D eigenvalue weighted by atomic mass is 35.5. The molecule has 1 atom stereocenters. The van der Waals surface area contributed by atoms with Gasteiger partial charge in [0, 0.05) is 16.7 Å². The number of halogens is 3. The molecule has 0 amide bonds. The number of hydrogen-bond donors (Lipinski definition) is 1. The molecule has 0 aromatic heterocycles. The van der Waals surface area contributed by atoms with Gasteiger partial charge >= 0.3 is 0 Å². The zero-order valence-electron chi connectivity index (χ0n) is 10.8. The number of hydrogen-bond acceptors (Lipinski definition) is 1. The third-order valence-corrected chi connectivity index (χ3v) is 3.82. The Labute approximate surface area is 128 Å². The van der Waals surface area contributed by atoms with Crippen LogP contribution >= 0.6 is 23.2 Å². The third-order valence-electron chi connectivity index (χ3n) is 3.22. The largest absolute Gasteiger partial charge is 0.396 e. The first-order valence-corrected chi connectivity index (χ1v) is 7.13. The van der Waals surface area contributed by atoms with Gasteiger partial charge in [0.2, 0.25) is 0 Å². The lowest BCUT2D eigenvalue weighted by molar-refractivity contribution is 0.225. The Morgan fingerprint density at radius 2 is 1.70 bits per heavy atom. The topological polar surface area (TPSA) is 20.2 Å². The van der Waals surface area contributed by atoms with Gasteiger partial charge in [0.25, 0.3) is 0 Å². The molecule has 20 heavy (non-hydrogen) atoms. The fourth-order valence-corrected chi connectivity index (χ4v) is 2.52. The molecule has 1 N–H and O–H groups in total. The molecule has 4 heteroatoms. The molecule has 0 aliphatic heterocycles. The van der Waals surface area contributed by atoms with Crippen LogP contribution in [0.5, 0.6) is 0 Å². The van der Waals surface area contributed by atoms with Crippen molar-refractivity contribution in [3.8, 4) is 0 Å². The molecule has 0 saturated carbocycles. The lowest BCUT2D eigenvalue weighted by atomic mass is 9.93. The van der Waals surface area contributed by atoms with Crippen molar-refractivity contribution in [2.24, 2.45) is 5.92 Å². The van der Waals surface area contributed by atoms with E-state index in [1.807, 2.05) is 24.3 Å². The first-order chi connectivity index (χ1) is 9.58. The lowest BCUT2D eigenvalue weighted by Gasteiger charge is -2.15. The van der Waals surface area contributed by atoms with Crippen molar-refractivity contribution >= 4 is 23.2 Å². The summed E-state index contributed by atoms with van der Waals surface area (Å²) in [5.41, 5.74) is 1.95. The Morgan fingerprint density at radius 1 is 1.00 bits per heavy atom. The molecule has 0 spiro atoms. The van der Waals surface area contributed by atoms with Crippen molar-refractivity contribution in [1.82, 2.24) is 0 Å². The summed E-state index contributed by atoms with van der Waals surface area (Å²) in [6, 6.07) is 11.9. The van der Waals surface area contributed by atoms with Gasteiger partial charge in [0.05, 0.1) is 0 Å². The molecule has 0 aliphatic carbocycles. The molecular weight excluding hydrogens is 298 g/mol. The summed E-state index contributed by atoms with van der Waals surface area (Å²) in [5.74, 6) is -0.309. The summed E-state index contributed by atoms with van der Waals surface area (Å²) < 4.78 is 13.0. The Hall–Kier alpha value is -1.09. The Bertz CT molecular complexity index is 569. The van der Waals surface area contributed by atoms with Crippen LogP contribution in [0.25, 0.3) is 0 Å². The Morgan fingerprint density at radius 3 is 2.30 bits per heavy atom. The molecule has 2 aromatic carbocycles. The zero-order chi connectivity index (χ0) is 14.5. The van der Waals surface area contributed by atoms with E-state index in [0.29, 0.717) is 16.5 Å². The van der Waals surface area contributed by atoms with Crippen LogP contribution in [0.15, 0.2) is 42.5 Å². The van der Waals surface area contributed by atoms with Crippen LogP contribution in [-0.2, 0) is 12.8 Å². The molecule has 2 aromatic rings. The van der Waals surface area contributed by atoms with E-state index in [9.17, 15) is 9.50 Å². The molecule has 1 unspecified atom stereocenters. The van der Waals surface area contributed by atoms with Gasteiger partial charge in [0.1, 0.15) is 5.82 Å². The van der Waals surface area contributed by atoms with E-state index >= 15 is 0 Å². The van der Waals surface area contributed by atoms with Crippen LogP contribution in [-0.4, -0.2) is 11.7 Å². The highest BCUT2D eigenvalue weighted by molar-refractivity contribution is 6.31. The summed E-state index contributed by atoms with van der Waals surface area (Å²) in [6.07, 6.45) is 1.33. The molecule has 1 nitrogen and oxygen atoms in total. The maximum absolute atomic E-state index is 13.0. The second-order valence-electron chi connectivity index (χ2n) is 4.82. The second-order valence-corrected chi connectivity index (χ2v) is 5.66. The lowest BCUT2D eigenvalue weighted by Crippen LogP contribution is -2.13. The van der Waals surface area contributed by atoms with Gasteiger partial charge < -0.3 is 5.11 Å². The van der Waals surface area contributed by atoms with Crippen LogP contribution < -0.4 is 0 Å². The number of aliphatic hydroxyl groups excluding tert-OH is 1. The van der Waals surface area contributed by atoms with Crippen molar-refractivity contribution in [2.75, 3.05) is 6.61 Å². The van der Waals surface area contributed by atoms with E-state index in [1.54, 1.807) is 6.07 Å². The van der Waals surface area contributed by atoms with Crippen molar-refractivity contribution in [3.05, 3.63) is 69.5 Å². The first kappa shape index (κ1) is 15.3. The number of rotatable bonds is 5. The monoisotopic (exact) mass is 312 g/mol. The maximum Gasteiger partial charge on any atom is 0.124 e. The van der Waals surface area contributed by atoms with Gasteiger partial charge in [-0.1, -0.05) is 41.4 Å². The van der Waals surface area contributed by atoms with Crippen LogP contribution in [0, 0.1) is 11.7 Å². The standard InChI is InChI=1S/C16H15Cl2FO/c17-14-4-1-11(2-5-14)7-12(10-20)8-13-3-6-15(19)9-16(13)18/h1-6,9,12,20H,7-8,10H2. The van der Waals surface area contributed by atoms with Crippen LogP contribution in [0.3, 0.4) is 0 Å². The molecule has 0 saturated heterocycles. The van der Waals surface area contributed by atoms with E-state index in [2.05, 4.69) is 0 Å². The molecule has 0 radical (unpaired) electrons. The SMILES string of the molecule is OCC(Cc1ccc(Cl)cc1)Cc1ccc(F)cc1Cl. The van der Waals surface area contributed by atoms with Gasteiger partial charge in [-0.3, -0.25) is 0 Å². The highest BCUT2D eigenvalue weighted by Gasteiger charge is 2.12. The molecular formula is C16H15Cl2FO. The highest BCUT2D eigenvalue weighted by Crippen LogP contribution is 2.22. The fraction of sp³-hybridized carbons (Fsp3) is 0.250. The molecule has 106 valence electrons. The van der Waals surface area contributed by atoms with Crippen LogP contribution in [0.2, 0.25) is 10.0 Å². The molecule has 0 bridgehead atoms. The normalized spacial score (nSPS) is 12.4. The third kappa shape index (κ3) is 4.20. The Kier molecular flexibility index (Phi) is 5.41. The summed E-state index contributed by atoms with van der Waals surface area (Å²) >= 11 is 11.9. The minimum atomic E-state index is -0.350. The smallest absolute Gasteiger partial charge is 0.124 e. The van der Waals surface area contributed by atoms with Gasteiger partial charge in [0.15, 0.2) is 0 Å². The number of aliphatic hydroxyl groups is 1. The van der Waals surface area contributed by atoms with Crippen molar-refractivity contribution in [1.29, 1.82) is 0 Å². The van der Waals surface area contributed by atoms with E-state index < -0.39 is 0 Å². The van der Waals surface area contributed by atoms with E-state index in [0.717, 1.165) is 17.5 Å². The summed E-state index contributed by atoms with van der Waals surface area (Å²) in [6.45, 7) is 0.0519. The van der Waals surface area contributed by atoms with E-state index in [4.69, 9.17) is 23.2 Å². The predicted octanol–water partition coefficient (Wildman–Crippen LogP) is 4.53. The first-order valence-electron chi connectivity index (χ1n) is 6.37. The molecule has 0 heterocycles. The van der Waals surface area contributed by atoms with Crippen molar-refractivity contribution in [3.63, 3.8) is 0 Å². The van der Waals surface area contributed by atoms with Crippen LogP contribution in [0.1, 0.15) is 11.1 Å². The average molecular weight is 313 g/mol. The van der Waals surface area contributed by atoms with Crippen molar-refractivity contribution < 1.29 is 9.50 Å². The molecule has 0 aliphatic rings. The van der Waals surface area contributed by atoms with Gasteiger partial charge in [-0.15, -0.1) is 0 Å². The quantitative estimate of drug-likeness (QED) is 0.860. The maximum atomic E-state index is 13.0. The molecule has 2 rings (SSSR count). The van der Waals surface area contributed by atoms with Gasteiger partial charge in [-0.2, -0.15) is 0 Å². The summed E-state index contributed by atoms with van der Waals surface area (Å²) in [5, 5.41) is 10.6. The van der Waals surface area contributed by atoms with E-state index in [1.165, 1.54) is 12.1 Å². The van der Waals surface area contributed by atoms with Gasteiger partial charge in [-0.05, 0) is 54.2 Å². The zero-order valence-corrected chi connectivity index (χ0v) is 12.3. The van der Waals surface area contributed by atoms with Crippen molar-refractivity contribution in [2.45, 2.75) is 12.8 Å². The second kappa shape index (κ2) is 7.07. The summed E-state index contributed by atoms with van der Waals surface area (Å²) in [7, 11) is 0. The predicted molar refractivity (Wildman–Crippen MR) is 80.8 cm³/mol. The van der Waals surface area contributed by atoms with Crippen LogP contribution in [0.4, 0.5) is 4.39 Å². The molecule has 0 fully saturated rings. The number of benzene rings is 2. The minimum Gasteiger partial charge on any atom is -0.396 e. The van der Waals surface area contributed by atoms with Gasteiger partial charge in [-0.25, -0.2) is 4.39 Å². The Balaban J connectivity index is 2.07. The fourth-order valence-electron chi connectivity index (χ4n) is 2.15. The average Bonchev–Trinajstić information content (AvgIpc) is 2.43. The van der Waals surface area contributed by atoms with E-state index in [-0.39, 0.29) is 18.3 Å². The summed E-state index contributed by atoms with van der Waals surface area (Å²) in [4.78, 5) is 0.